The second kappa shape index (κ2) is 7.86. The maximum absolute atomic E-state index is 14.6. The minimum atomic E-state index is -0.686. The van der Waals surface area contributed by atoms with Crippen LogP contribution in [0.2, 0.25) is 0 Å². The van der Waals surface area contributed by atoms with Crippen LogP contribution >= 0.6 is 0 Å². The fourth-order valence-corrected chi connectivity index (χ4v) is 6.33. The van der Waals surface area contributed by atoms with Gasteiger partial charge in [-0.3, -0.25) is 9.48 Å². The Morgan fingerprint density at radius 1 is 1.11 bits per heavy atom. The molecule has 1 saturated heterocycles. The van der Waals surface area contributed by atoms with Gasteiger partial charge in [0.05, 0.1) is 28.8 Å². The van der Waals surface area contributed by atoms with E-state index >= 15 is 0 Å². The highest BCUT2D eigenvalue weighted by Crippen LogP contribution is 2.44. The van der Waals surface area contributed by atoms with Crippen LogP contribution in [0.1, 0.15) is 18.4 Å². The number of aliphatic carboxylic acids is 1. The molecule has 4 heterocycles. The van der Waals surface area contributed by atoms with Crippen molar-refractivity contribution in [1.29, 1.82) is 0 Å². The SMILES string of the molecule is Cc1cccc2c(-c3cc(F)cc4nn(C)cc34)nn(-c3ccc(N4C[C@H]5C[C@@H]4C[C@@H]5C(=O)O)nc3)c12. The third kappa shape index (κ3) is 3.33. The summed E-state index contributed by atoms with van der Waals surface area (Å²) in [6.07, 6.45) is 5.28. The van der Waals surface area contributed by atoms with Crippen molar-refractivity contribution >= 4 is 33.6 Å². The molecule has 2 bridgehead atoms. The number of halogens is 1. The largest absolute Gasteiger partial charge is 0.481 e. The Morgan fingerprint density at radius 2 is 1.97 bits per heavy atom. The summed E-state index contributed by atoms with van der Waals surface area (Å²) in [6.45, 7) is 2.76. The molecule has 0 amide bonds. The van der Waals surface area contributed by atoms with Crippen molar-refractivity contribution in [1.82, 2.24) is 24.5 Å². The van der Waals surface area contributed by atoms with Crippen molar-refractivity contribution in [2.24, 2.45) is 18.9 Å². The molecule has 7 rings (SSSR count). The molecule has 1 saturated carbocycles. The number of hydrogen-bond donors (Lipinski definition) is 1. The second-order valence-corrected chi connectivity index (χ2v) is 10.3. The number of pyridine rings is 1. The molecular weight excluding hydrogens is 471 g/mol. The Morgan fingerprint density at radius 3 is 2.70 bits per heavy atom. The highest BCUT2D eigenvalue weighted by atomic mass is 19.1. The number of carboxylic acids is 1. The number of benzene rings is 2. The Bertz CT molecular complexity index is 1710. The lowest BCUT2D eigenvalue weighted by Crippen LogP contribution is -2.38. The number of piperidine rings is 1. The van der Waals surface area contributed by atoms with E-state index in [1.54, 1.807) is 4.68 Å². The highest BCUT2D eigenvalue weighted by molar-refractivity contribution is 6.03. The van der Waals surface area contributed by atoms with Crippen LogP contribution in [0.5, 0.6) is 0 Å². The number of para-hydroxylation sites is 1. The molecule has 1 aliphatic heterocycles. The van der Waals surface area contributed by atoms with Crippen molar-refractivity contribution in [3.63, 3.8) is 0 Å². The monoisotopic (exact) mass is 496 g/mol. The Labute approximate surface area is 211 Å². The van der Waals surface area contributed by atoms with Crippen molar-refractivity contribution in [3.8, 4) is 16.9 Å². The topological polar surface area (TPSA) is 89.1 Å². The molecule has 8 nitrogen and oxygen atoms in total. The predicted molar refractivity (Wildman–Crippen MR) is 138 cm³/mol. The summed E-state index contributed by atoms with van der Waals surface area (Å²) in [5, 5.41) is 20.6. The number of aryl methyl sites for hydroxylation is 2. The van der Waals surface area contributed by atoms with Gasteiger partial charge in [0.15, 0.2) is 0 Å². The van der Waals surface area contributed by atoms with Gasteiger partial charge in [-0.15, -0.1) is 0 Å². The molecule has 1 N–H and O–H groups in total. The minimum Gasteiger partial charge on any atom is -0.481 e. The van der Waals surface area contributed by atoms with Crippen LogP contribution in [0.15, 0.2) is 54.9 Å². The summed E-state index contributed by atoms with van der Waals surface area (Å²) in [7, 11) is 1.82. The first kappa shape index (κ1) is 22.0. The van der Waals surface area contributed by atoms with E-state index in [9.17, 15) is 14.3 Å². The lowest BCUT2D eigenvalue weighted by Gasteiger charge is -2.30. The van der Waals surface area contributed by atoms with Crippen LogP contribution < -0.4 is 4.90 Å². The van der Waals surface area contributed by atoms with Gasteiger partial charge in [-0.1, -0.05) is 18.2 Å². The van der Waals surface area contributed by atoms with Crippen molar-refractivity contribution in [3.05, 3.63) is 66.2 Å². The van der Waals surface area contributed by atoms with Gasteiger partial charge in [0.1, 0.15) is 17.3 Å². The Kier molecular flexibility index (Phi) is 4.67. The van der Waals surface area contributed by atoms with Gasteiger partial charge in [-0.2, -0.15) is 10.2 Å². The summed E-state index contributed by atoms with van der Waals surface area (Å²) in [5.41, 5.74) is 4.78. The van der Waals surface area contributed by atoms with E-state index in [1.165, 1.54) is 12.1 Å². The first-order valence-electron chi connectivity index (χ1n) is 12.4. The number of rotatable bonds is 4. The van der Waals surface area contributed by atoms with Crippen LogP contribution in [0.4, 0.5) is 10.2 Å². The molecule has 2 aliphatic rings. The standard InChI is InChI=1S/C28H25FN6O2/c1-15-4-3-5-20-26(22-9-17(29)10-24-23(22)14-33(2)31-24)32-35(27(15)20)18-6-7-25(30-12-18)34-13-16-8-19(34)11-21(16)28(36)37/h3-7,9-10,12,14,16,19,21H,8,11,13H2,1-2H3,(H,36,37)/t16-,19-,21+/m1/s1. The fraction of sp³-hybridized carbons (Fsp3) is 0.286. The van der Waals surface area contributed by atoms with Crippen LogP contribution in [0.3, 0.4) is 0 Å². The van der Waals surface area contributed by atoms with E-state index in [1.807, 2.05) is 61.4 Å². The average Bonchev–Trinajstić information content (AvgIpc) is 3.65. The van der Waals surface area contributed by atoms with Crippen molar-refractivity contribution < 1.29 is 14.3 Å². The average molecular weight is 497 g/mol. The summed E-state index contributed by atoms with van der Waals surface area (Å²) < 4.78 is 18.2. The highest BCUT2D eigenvalue weighted by Gasteiger charge is 2.48. The molecule has 0 unspecified atom stereocenters. The number of hydrogen-bond acceptors (Lipinski definition) is 5. The molecule has 1 aliphatic carbocycles. The third-order valence-electron chi connectivity index (χ3n) is 7.99. The van der Waals surface area contributed by atoms with Gasteiger partial charge in [-0.05, 0) is 49.4 Å². The number of anilines is 1. The zero-order valence-electron chi connectivity index (χ0n) is 20.5. The number of carboxylic acid groups (broad SMARTS) is 1. The summed E-state index contributed by atoms with van der Waals surface area (Å²) in [6, 6.07) is 13.2. The molecule has 0 spiro atoms. The fourth-order valence-electron chi connectivity index (χ4n) is 6.33. The number of fused-ring (bicyclic) bond motifs is 4. The quantitative estimate of drug-likeness (QED) is 0.387. The molecule has 3 atom stereocenters. The van der Waals surface area contributed by atoms with Crippen LogP contribution in [0, 0.1) is 24.6 Å². The van der Waals surface area contributed by atoms with E-state index in [0.717, 1.165) is 46.3 Å². The number of carbonyl (C=O) groups is 1. The maximum Gasteiger partial charge on any atom is 0.306 e. The van der Waals surface area contributed by atoms with E-state index in [-0.39, 0.29) is 23.7 Å². The summed E-state index contributed by atoms with van der Waals surface area (Å²) in [5.74, 6) is -0.247. The first-order valence-corrected chi connectivity index (χ1v) is 12.4. The van der Waals surface area contributed by atoms with Gasteiger partial charge in [-0.25, -0.2) is 14.1 Å². The Hall–Kier alpha value is -4.27. The normalized spacial score (nSPS) is 20.9. The van der Waals surface area contributed by atoms with E-state index in [0.29, 0.717) is 23.2 Å². The third-order valence-corrected chi connectivity index (χ3v) is 7.99. The van der Waals surface area contributed by atoms with Crippen LogP contribution in [0.25, 0.3) is 38.8 Å². The van der Waals surface area contributed by atoms with Crippen molar-refractivity contribution in [2.75, 3.05) is 11.4 Å². The molecule has 5 aromatic rings. The van der Waals surface area contributed by atoms with E-state index < -0.39 is 5.97 Å². The van der Waals surface area contributed by atoms with Gasteiger partial charge < -0.3 is 10.0 Å². The van der Waals surface area contributed by atoms with Gasteiger partial charge in [0, 0.05) is 48.2 Å². The second-order valence-electron chi connectivity index (χ2n) is 10.3. The van der Waals surface area contributed by atoms with Gasteiger partial charge in [0.25, 0.3) is 0 Å². The molecule has 2 aromatic carbocycles. The lowest BCUT2D eigenvalue weighted by molar-refractivity contribution is -0.143. The molecule has 3 aromatic heterocycles. The van der Waals surface area contributed by atoms with Crippen LogP contribution in [-0.4, -0.2) is 48.2 Å². The van der Waals surface area contributed by atoms with Crippen LogP contribution in [-0.2, 0) is 11.8 Å². The van der Waals surface area contributed by atoms with E-state index in [2.05, 4.69) is 10.00 Å². The van der Waals surface area contributed by atoms with Gasteiger partial charge in [0.2, 0.25) is 0 Å². The molecule has 37 heavy (non-hydrogen) atoms. The molecule has 0 radical (unpaired) electrons. The lowest BCUT2D eigenvalue weighted by atomic mass is 9.95. The zero-order chi connectivity index (χ0) is 25.4. The summed E-state index contributed by atoms with van der Waals surface area (Å²) >= 11 is 0. The zero-order valence-corrected chi connectivity index (χ0v) is 20.5. The van der Waals surface area contributed by atoms with E-state index in [4.69, 9.17) is 10.1 Å². The molecule has 2 fully saturated rings. The summed E-state index contributed by atoms with van der Waals surface area (Å²) in [4.78, 5) is 18.5. The van der Waals surface area contributed by atoms with Gasteiger partial charge >= 0.3 is 5.97 Å². The predicted octanol–water partition coefficient (Wildman–Crippen LogP) is 4.72. The first-order chi connectivity index (χ1) is 17.9. The maximum atomic E-state index is 14.6. The number of nitrogens with zero attached hydrogens (tertiary/aromatic N) is 6. The number of aromatic nitrogens is 5. The smallest absolute Gasteiger partial charge is 0.306 e. The minimum absolute atomic E-state index is 0.180. The Balaban J connectivity index is 1.31. The molecular formula is C28H25FN6O2. The molecule has 186 valence electrons. The molecule has 9 heteroatoms. The van der Waals surface area contributed by atoms with Crippen molar-refractivity contribution in [2.45, 2.75) is 25.8 Å².